The molecule has 6 atom stereocenters. The van der Waals surface area contributed by atoms with Gasteiger partial charge in [0.1, 0.15) is 5.78 Å². The van der Waals surface area contributed by atoms with E-state index < -0.39 is 0 Å². The fourth-order valence-corrected chi connectivity index (χ4v) is 8.02. The number of Topliss-reactive ketones (excluding diaryl/α,β-unsaturated/α-hetero) is 1. The molecule has 1 heterocycles. The van der Waals surface area contributed by atoms with Crippen molar-refractivity contribution in [2.45, 2.75) is 77.9 Å². The average Bonchev–Trinajstić information content (AvgIpc) is 3.34. The van der Waals surface area contributed by atoms with Crippen LogP contribution in [0.15, 0.2) is 11.6 Å². The summed E-state index contributed by atoms with van der Waals surface area (Å²) in [5.41, 5.74) is 2.18. The number of ketones is 1. The van der Waals surface area contributed by atoms with Crippen molar-refractivity contribution in [3.05, 3.63) is 11.6 Å². The molecule has 4 fully saturated rings. The van der Waals surface area contributed by atoms with Crippen LogP contribution in [0.25, 0.3) is 0 Å². The molecule has 0 N–H and O–H groups in total. The van der Waals surface area contributed by atoms with Gasteiger partial charge in [0, 0.05) is 18.8 Å². The Hall–Kier alpha value is -1.91. The van der Waals surface area contributed by atoms with E-state index in [1.165, 1.54) is 32.1 Å². The molecule has 1 aliphatic heterocycles. The van der Waals surface area contributed by atoms with Crippen molar-refractivity contribution in [1.82, 2.24) is 0 Å². The molecule has 0 aromatic heterocycles. The van der Waals surface area contributed by atoms with Crippen molar-refractivity contribution < 1.29 is 33.4 Å². The quantitative estimate of drug-likeness (QED) is 0.565. The summed E-state index contributed by atoms with van der Waals surface area (Å²) in [6, 6.07) is 0. The topological polar surface area (TPSA) is 104 Å². The summed E-state index contributed by atoms with van der Waals surface area (Å²) in [5, 5.41) is 0. The summed E-state index contributed by atoms with van der Waals surface area (Å²) >= 11 is 0. The van der Waals surface area contributed by atoms with Gasteiger partial charge < -0.3 is 9.47 Å². The Kier molecular flexibility index (Phi) is 7.36. The zero-order chi connectivity index (χ0) is 23.6. The van der Waals surface area contributed by atoms with Gasteiger partial charge in [-0.05, 0) is 74.0 Å². The van der Waals surface area contributed by atoms with E-state index in [0.717, 1.165) is 50.2 Å². The lowest BCUT2D eigenvalue weighted by Crippen LogP contribution is -2.52. The Balaban J connectivity index is 0.000000437. The van der Waals surface area contributed by atoms with Crippen molar-refractivity contribution in [3.63, 3.8) is 0 Å². The van der Waals surface area contributed by atoms with Gasteiger partial charge in [0.2, 0.25) is 0 Å². The van der Waals surface area contributed by atoms with Crippen LogP contribution in [-0.2, 0) is 33.4 Å². The highest BCUT2D eigenvalue weighted by molar-refractivity contribution is 5.79. The average molecular weight is 447 g/mol. The molecule has 0 aromatic rings. The second-order valence-electron chi connectivity index (χ2n) is 10.5. The second-order valence-corrected chi connectivity index (χ2v) is 10.5. The highest BCUT2D eigenvalue weighted by Gasteiger charge is 2.60. The maximum Gasteiger partial charge on any atom is 0.373 e. The molecule has 0 bridgehead atoms. The third-order valence-corrected chi connectivity index (χ3v) is 9.41. The van der Waals surface area contributed by atoms with E-state index in [1.54, 1.807) is 5.57 Å². The minimum absolute atomic E-state index is 0.250. The van der Waals surface area contributed by atoms with Gasteiger partial charge in [-0.1, -0.05) is 25.5 Å². The van der Waals surface area contributed by atoms with Crippen LogP contribution in [0.5, 0.6) is 0 Å². The first kappa shape index (κ1) is 24.7. The number of hydrogen-bond acceptors (Lipinski definition) is 7. The number of hydrogen-bond donors (Lipinski definition) is 0. The maximum absolute atomic E-state index is 12.3. The maximum atomic E-state index is 12.3. The van der Waals surface area contributed by atoms with E-state index in [4.69, 9.17) is 28.7 Å². The van der Waals surface area contributed by atoms with Crippen LogP contribution < -0.4 is 0 Å². The van der Waals surface area contributed by atoms with Crippen LogP contribution in [0.2, 0.25) is 0 Å². The van der Waals surface area contributed by atoms with Crippen molar-refractivity contribution in [1.29, 1.82) is 0 Å². The number of rotatable bonds is 1. The number of fused-ring (bicyclic) bond motifs is 5. The normalized spacial score (nSPS) is 40.5. The summed E-state index contributed by atoms with van der Waals surface area (Å²) in [5.74, 6) is 2.72. The first-order valence-electron chi connectivity index (χ1n) is 11.7. The minimum atomic E-state index is -0.311. The van der Waals surface area contributed by atoms with E-state index >= 15 is 0 Å². The summed E-state index contributed by atoms with van der Waals surface area (Å²) in [6.45, 7) is 8.29. The fraction of sp³-hybridized carbons (Fsp3) is 0.800. The van der Waals surface area contributed by atoms with Gasteiger partial charge in [-0.3, -0.25) is 4.79 Å². The second kappa shape index (κ2) is 9.52. The molecule has 5 rings (SSSR count). The van der Waals surface area contributed by atoms with Crippen LogP contribution in [-0.4, -0.2) is 37.1 Å². The van der Waals surface area contributed by atoms with Gasteiger partial charge in [0.15, 0.2) is 5.79 Å². The van der Waals surface area contributed by atoms with Gasteiger partial charge >= 0.3 is 12.3 Å². The highest BCUT2D eigenvalue weighted by atomic mass is 16.7. The van der Waals surface area contributed by atoms with E-state index in [-0.39, 0.29) is 23.5 Å². The first-order chi connectivity index (χ1) is 15.2. The third-order valence-electron chi connectivity index (χ3n) is 9.41. The molecule has 4 aliphatic carbocycles. The lowest BCUT2D eigenvalue weighted by atomic mass is 9.47. The molecule has 32 heavy (non-hydrogen) atoms. The Morgan fingerprint density at radius 3 is 2.16 bits per heavy atom. The van der Waals surface area contributed by atoms with Crippen LogP contribution in [0.4, 0.5) is 0 Å². The predicted molar refractivity (Wildman–Crippen MR) is 111 cm³/mol. The summed E-state index contributed by atoms with van der Waals surface area (Å²) < 4.78 is 12.1. The summed E-state index contributed by atoms with van der Waals surface area (Å²) in [4.78, 5) is 44.8. The molecule has 7 heteroatoms. The molecule has 0 unspecified atom stereocenters. The largest absolute Gasteiger partial charge is 0.373 e. The molecule has 176 valence electrons. The molecule has 0 radical (unpaired) electrons. The number of carbonyl (C=O) groups is 1. The predicted octanol–water partition coefficient (Wildman–Crippen LogP) is 3.73. The zero-order valence-corrected chi connectivity index (χ0v) is 19.3. The third kappa shape index (κ3) is 4.08. The monoisotopic (exact) mass is 446 g/mol. The molecule has 7 nitrogen and oxygen atoms in total. The summed E-state index contributed by atoms with van der Waals surface area (Å²) in [7, 11) is 0. The van der Waals surface area contributed by atoms with Gasteiger partial charge in [0.25, 0.3) is 0 Å². The highest BCUT2D eigenvalue weighted by Crippen LogP contribution is 2.67. The van der Waals surface area contributed by atoms with E-state index in [0.29, 0.717) is 17.1 Å². The van der Waals surface area contributed by atoms with E-state index in [1.807, 2.05) is 6.92 Å². The van der Waals surface area contributed by atoms with Crippen molar-refractivity contribution in [3.8, 4) is 0 Å². The Labute approximate surface area is 189 Å². The first-order valence-corrected chi connectivity index (χ1v) is 11.7. The number of carbonyl (C=O) groups excluding carboxylic acids is 5. The smallest absolute Gasteiger partial charge is 0.347 e. The fourth-order valence-electron chi connectivity index (χ4n) is 8.02. The van der Waals surface area contributed by atoms with E-state index in [9.17, 15) is 4.79 Å². The lowest BCUT2D eigenvalue weighted by Gasteiger charge is -2.58. The lowest BCUT2D eigenvalue weighted by molar-refractivity contribution is -0.193. The standard InChI is InChI=1S/C23H34O3.2CO2/c1-15(24)18-6-7-19-17-5-4-16-14-23(25-12-13-26-23)11-10-21(16,2)20(17)8-9-22(18,19)3;2*2-1-3/h4,17-20H,5-14H2,1-3H3;;/t17-,18+,19-,20-,21-,22+;;/m0../s1. The Morgan fingerprint density at radius 1 is 0.938 bits per heavy atom. The molecule has 3 saturated carbocycles. The zero-order valence-electron chi connectivity index (χ0n) is 19.3. The molecule has 5 aliphatic rings. The molecule has 1 spiro atoms. The van der Waals surface area contributed by atoms with Gasteiger partial charge in [-0.25, -0.2) is 0 Å². The van der Waals surface area contributed by atoms with Crippen molar-refractivity contribution in [2.24, 2.45) is 34.5 Å². The number of ether oxygens (including phenoxy) is 2. The van der Waals surface area contributed by atoms with Crippen LogP contribution in [0.1, 0.15) is 72.1 Å². The molecule has 0 amide bonds. The Morgan fingerprint density at radius 2 is 1.56 bits per heavy atom. The van der Waals surface area contributed by atoms with Crippen LogP contribution in [0.3, 0.4) is 0 Å². The Bertz CT molecular complexity index is 802. The van der Waals surface area contributed by atoms with Crippen molar-refractivity contribution in [2.75, 3.05) is 13.2 Å². The van der Waals surface area contributed by atoms with Gasteiger partial charge in [-0.15, -0.1) is 0 Å². The molecular formula is C25H34O7. The van der Waals surface area contributed by atoms with Crippen molar-refractivity contribution >= 4 is 18.1 Å². The van der Waals surface area contributed by atoms with Gasteiger partial charge in [-0.2, -0.15) is 19.2 Å². The van der Waals surface area contributed by atoms with Crippen LogP contribution in [0, 0.1) is 34.5 Å². The molecule has 0 aromatic carbocycles. The molecular weight excluding hydrogens is 412 g/mol. The van der Waals surface area contributed by atoms with Crippen LogP contribution >= 0.6 is 0 Å². The SMILES string of the molecule is CC(=O)[C@H]1CC[C@H]2[C@@H]3CC=C4CC5(CC[C@]4(C)[C@H]3CC[C@]12C)OCCO5.O=C=O.O=C=O. The van der Waals surface area contributed by atoms with E-state index in [2.05, 4.69) is 19.9 Å². The van der Waals surface area contributed by atoms with Gasteiger partial charge in [0.05, 0.1) is 13.2 Å². The summed E-state index contributed by atoms with van der Waals surface area (Å²) in [6.07, 6.45) is 12.4. The number of allylic oxidation sites excluding steroid dienone is 1. The molecule has 1 saturated heterocycles. The minimum Gasteiger partial charge on any atom is -0.347 e.